The normalized spacial score (nSPS) is 14.4. The number of rotatable bonds is 5. The Balaban J connectivity index is 1.90. The Morgan fingerprint density at radius 1 is 1.28 bits per heavy atom. The zero-order chi connectivity index (χ0) is 13.0. The maximum absolute atomic E-state index is 5.88. The third-order valence-electron chi connectivity index (χ3n) is 2.92. The van der Waals surface area contributed by atoms with Crippen LogP contribution in [0.2, 0.25) is 5.02 Å². The van der Waals surface area contributed by atoms with E-state index in [1.807, 2.05) is 29.1 Å². The number of nitrogens with zero attached hydrogens (tertiary/aromatic N) is 2. The van der Waals surface area contributed by atoms with Crippen molar-refractivity contribution in [2.45, 2.75) is 32.5 Å². The number of hydrogen-bond acceptors (Lipinski definition) is 2. The van der Waals surface area contributed by atoms with Crippen molar-refractivity contribution < 1.29 is 0 Å². The molecule has 0 aliphatic heterocycles. The molecular weight excluding hydrogens is 246 g/mol. The van der Waals surface area contributed by atoms with Gasteiger partial charge in [0.2, 0.25) is 0 Å². The van der Waals surface area contributed by atoms with E-state index in [1.54, 1.807) is 6.20 Å². The van der Waals surface area contributed by atoms with Crippen LogP contribution in [-0.2, 0) is 6.54 Å². The third-order valence-corrected chi connectivity index (χ3v) is 3.18. The van der Waals surface area contributed by atoms with Gasteiger partial charge < -0.3 is 5.32 Å². The molecule has 1 heterocycles. The Bertz CT molecular complexity index is 464. The van der Waals surface area contributed by atoms with Crippen LogP contribution in [0.25, 0.3) is 0 Å². The largest absolute Gasteiger partial charge is 0.306 e. The molecule has 2 unspecified atom stereocenters. The van der Waals surface area contributed by atoms with Crippen molar-refractivity contribution >= 4 is 11.6 Å². The lowest BCUT2D eigenvalue weighted by molar-refractivity contribution is 0.413. The zero-order valence-corrected chi connectivity index (χ0v) is 11.4. The lowest BCUT2D eigenvalue weighted by Crippen LogP contribution is -2.32. The van der Waals surface area contributed by atoms with Crippen LogP contribution >= 0.6 is 11.6 Å². The van der Waals surface area contributed by atoms with Crippen LogP contribution in [0.15, 0.2) is 42.7 Å². The molecule has 0 saturated heterocycles. The van der Waals surface area contributed by atoms with E-state index in [0.29, 0.717) is 12.1 Å². The molecule has 0 saturated carbocycles. The number of benzene rings is 1. The van der Waals surface area contributed by atoms with Gasteiger partial charge in [-0.05, 0) is 37.6 Å². The molecule has 0 amide bonds. The average molecular weight is 264 g/mol. The fraction of sp³-hybridized carbons (Fsp3) is 0.357. The highest BCUT2D eigenvalue weighted by atomic mass is 35.5. The van der Waals surface area contributed by atoms with Crippen molar-refractivity contribution in [1.29, 1.82) is 0 Å². The molecule has 18 heavy (non-hydrogen) atoms. The first-order valence-corrected chi connectivity index (χ1v) is 6.52. The second kappa shape index (κ2) is 6.03. The minimum absolute atomic E-state index is 0.299. The van der Waals surface area contributed by atoms with Crippen molar-refractivity contribution in [3.05, 3.63) is 53.3 Å². The Labute approximate surface area is 113 Å². The Morgan fingerprint density at radius 3 is 2.61 bits per heavy atom. The van der Waals surface area contributed by atoms with E-state index in [4.69, 9.17) is 11.6 Å². The SMILES string of the molecule is CC(Cn1cccn1)NC(C)c1ccc(Cl)cc1. The first kappa shape index (κ1) is 13.1. The number of aromatic nitrogens is 2. The van der Waals surface area contributed by atoms with Crippen LogP contribution in [0, 0.1) is 0 Å². The molecule has 4 heteroatoms. The molecule has 0 fully saturated rings. The van der Waals surface area contributed by atoms with Gasteiger partial charge in [0, 0.05) is 29.5 Å². The second-order valence-corrected chi connectivity index (χ2v) is 5.01. The molecule has 1 aromatic heterocycles. The zero-order valence-electron chi connectivity index (χ0n) is 10.7. The molecule has 0 bridgehead atoms. The molecule has 2 atom stereocenters. The Kier molecular flexibility index (Phi) is 4.39. The van der Waals surface area contributed by atoms with E-state index in [-0.39, 0.29) is 0 Å². The van der Waals surface area contributed by atoms with Crippen LogP contribution in [0.5, 0.6) is 0 Å². The Hall–Kier alpha value is -1.32. The van der Waals surface area contributed by atoms with Gasteiger partial charge in [0.05, 0.1) is 6.54 Å². The van der Waals surface area contributed by atoms with Crippen LogP contribution in [0.3, 0.4) is 0 Å². The second-order valence-electron chi connectivity index (χ2n) is 4.57. The third kappa shape index (κ3) is 3.59. The van der Waals surface area contributed by atoms with E-state index in [2.05, 4.69) is 36.4 Å². The summed E-state index contributed by atoms with van der Waals surface area (Å²) in [6.07, 6.45) is 3.78. The number of nitrogens with one attached hydrogen (secondary N) is 1. The lowest BCUT2D eigenvalue weighted by Gasteiger charge is -2.20. The molecule has 96 valence electrons. The van der Waals surface area contributed by atoms with Gasteiger partial charge in [-0.2, -0.15) is 5.10 Å². The monoisotopic (exact) mass is 263 g/mol. The van der Waals surface area contributed by atoms with Crippen molar-refractivity contribution in [3.63, 3.8) is 0 Å². The summed E-state index contributed by atoms with van der Waals surface area (Å²) in [5.74, 6) is 0. The molecule has 2 rings (SSSR count). The highest BCUT2D eigenvalue weighted by Gasteiger charge is 2.09. The molecule has 0 aliphatic carbocycles. The van der Waals surface area contributed by atoms with E-state index in [0.717, 1.165) is 11.6 Å². The van der Waals surface area contributed by atoms with E-state index < -0.39 is 0 Å². The van der Waals surface area contributed by atoms with Crippen molar-refractivity contribution in [2.24, 2.45) is 0 Å². The molecule has 2 aromatic rings. The van der Waals surface area contributed by atoms with Crippen LogP contribution in [-0.4, -0.2) is 15.8 Å². The number of hydrogen-bond donors (Lipinski definition) is 1. The average Bonchev–Trinajstić information content (AvgIpc) is 2.82. The fourth-order valence-electron chi connectivity index (χ4n) is 2.02. The quantitative estimate of drug-likeness (QED) is 0.897. The highest BCUT2D eigenvalue weighted by molar-refractivity contribution is 6.30. The van der Waals surface area contributed by atoms with Crippen molar-refractivity contribution in [3.8, 4) is 0 Å². The van der Waals surface area contributed by atoms with Crippen LogP contribution < -0.4 is 5.32 Å². The summed E-state index contributed by atoms with van der Waals surface area (Å²) in [5.41, 5.74) is 1.24. The Morgan fingerprint density at radius 2 is 2.00 bits per heavy atom. The summed E-state index contributed by atoms with van der Waals surface area (Å²) in [4.78, 5) is 0. The molecule has 1 N–H and O–H groups in total. The summed E-state index contributed by atoms with van der Waals surface area (Å²) < 4.78 is 1.94. The van der Waals surface area contributed by atoms with Gasteiger partial charge >= 0.3 is 0 Å². The highest BCUT2D eigenvalue weighted by Crippen LogP contribution is 2.16. The lowest BCUT2D eigenvalue weighted by atomic mass is 10.1. The van der Waals surface area contributed by atoms with E-state index >= 15 is 0 Å². The van der Waals surface area contributed by atoms with Crippen LogP contribution in [0.1, 0.15) is 25.5 Å². The minimum atomic E-state index is 0.299. The van der Waals surface area contributed by atoms with Crippen molar-refractivity contribution in [2.75, 3.05) is 0 Å². The van der Waals surface area contributed by atoms with E-state index in [9.17, 15) is 0 Å². The first-order valence-electron chi connectivity index (χ1n) is 6.14. The molecule has 0 spiro atoms. The molecule has 1 aromatic carbocycles. The summed E-state index contributed by atoms with van der Waals surface area (Å²) in [5, 5.41) is 8.53. The predicted octanol–water partition coefficient (Wildman–Crippen LogP) is 3.28. The topological polar surface area (TPSA) is 29.9 Å². The smallest absolute Gasteiger partial charge is 0.0560 e. The molecular formula is C14H18ClN3. The fourth-order valence-corrected chi connectivity index (χ4v) is 2.14. The molecule has 0 radical (unpaired) electrons. The molecule has 3 nitrogen and oxygen atoms in total. The van der Waals surface area contributed by atoms with Gasteiger partial charge in [0.15, 0.2) is 0 Å². The maximum atomic E-state index is 5.88. The van der Waals surface area contributed by atoms with Gasteiger partial charge in [0.1, 0.15) is 0 Å². The summed E-state index contributed by atoms with van der Waals surface area (Å²) in [6.45, 7) is 5.18. The van der Waals surface area contributed by atoms with Gasteiger partial charge in [-0.25, -0.2) is 0 Å². The van der Waals surface area contributed by atoms with Gasteiger partial charge in [-0.15, -0.1) is 0 Å². The minimum Gasteiger partial charge on any atom is -0.306 e. The standard InChI is InChI=1S/C14H18ClN3/c1-11(10-18-9-3-8-16-18)17-12(2)13-4-6-14(15)7-5-13/h3-9,11-12,17H,10H2,1-2H3. The predicted molar refractivity (Wildman–Crippen MR) is 74.7 cm³/mol. The summed E-state index contributed by atoms with van der Waals surface area (Å²) in [7, 11) is 0. The van der Waals surface area contributed by atoms with Gasteiger partial charge in [-0.3, -0.25) is 4.68 Å². The molecule has 0 aliphatic rings. The van der Waals surface area contributed by atoms with Crippen LogP contribution in [0.4, 0.5) is 0 Å². The maximum Gasteiger partial charge on any atom is 0.0560 e. The summed E-state index contributed by atoms with van der Waals surface area (Å²) >= 11 is 5.88. The van der Waals surface area contributed by atoms with Crippen molar-refractivity contribution in [1.82, 2.24) is 15.1 Å². The van der Waals surface area contributed by atoms with Gasteiger partial charge in [0.25, 0.3) is 0 Å². The van der Waals surface area contributed by atoms with Gasteiger partial charge in [-0.1, -0.05) is 23.7 Å². The van der Waals surface area contributed by atoms with E-state index in [1.165, 1.54) is 5.56 Å². The number of halogens is 1. The first-order chi connectivity index (χ1) is 8.65. The summed E-state index contributed by atoms with van der Waals surface area (Å²) in [6, 6.07) is 10.6.